The highest BCUT2D eigenvalue weighted by Crippen LogP contribution is 2.19. The number of nitrogens with one attached hydrogen (secondary N) is 1. The fraction of sp³-hybridized carbons (Fsp3) is 0.188. The Kier molecular flexibility index (Phi) is 3.54. The molecule has 6 heteroatoms. The highest BCUT2D eigenvalue weighted by atomic mass is 32.1. The van der Waals surface area contributed by atoms with Crippen molar-refractivity contribution in [3.8, 4) is 5.69 Å². The van der Waals surface area contributed by atoms with E-state index in [1.54, 1.807) is 13.4 Å². The molecule has 112 valence electrons. The predicted octanol–water partition coefficient (Wildman–Crippen LogP) is 2.18. The Labute approximate surface area is 134 Å². The molecule has 2 heterocycles. The van der Waals surface area contributed by atoms with Crippen molar-refractivity contribution in [3.05, 3.63) is 53.2 Å². The zero-order valence-electron chi connectivity index (χ0n) is 12.6. The first kappa shape index (κ1) is 14.5. The Bertz CT molecular complexity index is 806. The number of thiocarbonyl (C=S) groups is 1. The van der Waals surface area contributed by atoms with Crippen molar-refractivity contribution in [1.29, 1.82) is 0 Å². The van der Waals surface area contributed by atoms with Crippen LogP contribution in [0.5, 0.6) is 0 Å². The van der Waals surface area contributed by atoms with Crippen molar-refractivity contribution >= 4 is 29.3 Å². The molecular weight excluding hydrogens is 296 g/mol. The second kappa shape index (κ2) is 5.38. The van der Waals surface area contributed by atoms with Gasteiger partial charge in [0.2, 0.25) is 0 Å². The van der Waals surface area contributed by atoms with E-state index in [4.69, 9.17) is 12.2 Å². The number of aryl methyl sites for hydroxylation is 2. The van der Waals surface area contributed by atoms with Gasteiger partial charge in [0.15, 0.2) is 5.11 Å². The van der Waals surface area contributed by atoms with Crippen molar-refractivity contribution in [2.24, 2.45) is 0 Å². The lowest BCUT2D eigenvalue weighted by Gasteiger charge is -2.08. The van der Waals surface area contributed by atoms with Crippen LogP contribution in [-0.4, -0.2) is 32.5 Å². The summed E-state index contributed by atoms with van der Waals surface area (Å²) in [6.07, 6.45) is 5.59. The molecule has 3 rings (SSSR count). The van der Waals surface area contributed by atoms with Crippen molar-refractivity contribution in [1.82, 2.24) is 19.8 Å². The molecule has 1 fully saturated rings. The Hall–Kier alpha value is -2.47. The number of amides is 1. The highest BCUT2D eigenvalue weighted by molar-refractivity contribution is 7.80. The van der Waals surface area contributed by atoms with Gasteiger partial charge in [0, 0.05) is 18.9 Å². The third-order valence-corrected chi connectivity index (χ3v) is 3.98. The van der Waals surface area contributed by atoms with E-state index in [-0.39, 0.29) is 5.91 Å². The molecule has 0 saturated carbocycles. The van der Waals surface area contributed by atoms with Gasteiger partial charge in [-0.15, -0.1) is 0 Å². The van der Waals surface area contributed by atoms with Crippen LogP contribution in [0, 0.1) is 13.8 Å². The second-order valence-corrected chi connectivity index (χ2v) is 5.71. The van der Waals surface area contributed by atoms with E-state index >= 15 is 0 Å². The molecule has 1 amide bonds. The lowest BCUT2D eigenvalue weighted by atomic mass is 10.1. The van der Waals surface area contributed by atoms with E-state index in [9.17, 15) is 4.79 Å². The average Bonchev–Trinajstić information content (AvgIpc) is 2.99. The van der Waals surface area contributed by atoms with Gasteiger partial charge < -0.3 is 9.88 Å². The van der Waals surface area contributed by atoms with E-state index in [1.807, 2.05) is 48.9 Å². The number of hydrogen-bond acceptors (Lipinski definition) is 3. The summed E-state index contributed by atoms with van der Waals surface area (Å²) in [6.45, 7) is 3.99. The molecule has 0 radical (unpaired) electrons. The maximum atomic E-state index is 12.0. The first-order valence-electron chi connectivity index (χ1n) is 6.88. The Morgan fingerprint density at radius 3 is 2.64 bits per heavy atom. The molecule has 1 aromatic heterocycles. The number of benzene rings is 1. The lowest BCUT2D eigenvalue weighted by molar-refractivity contribution is -0.121. The van der Waals surface area contributed by atoms with E-state index in [0.29, 0.717) is 10.8 Å². The summed E-state index contributed by atoms with van der Waals surface area (Å²) in [5.41, 5.74) is 4.60. The first-order chi connectivity index (χ1) is 10.5. The quantitative estimate of drug-likeness (QED) is 0.682. The van der Waals surface area contributed by atoms with Crippen molar-refractivity contribution in [2.75, 3.05) is 7.05 Å². The van der Waals surface area contributed by atoms with Gasteiger partial charge in [0.05, 0.1) is 12.0 Å². The molecule has 1 N–H and O–H groups in total. The minimum atomic E-state index is -0.114. The van der Waals surface area contributed by atoms with E-state index in [0.717, 1.165) is 22.5 Å². The standard InChI is InChI=1S/C16H16N4OS/c1-10-6-12(7-13-15(21)19(3)16(22)18-13)4-5-14(10)20-8-11(2)17-9-20/h4-9H,1-3H3,(H,18,22)/b13-7-. The summed E-state index contributed by atoms with van der Waals surface area (Å²) in [5.74, 6) is -0.114. The zero-order valence-corrected chi connectivity index (χ0v) is 13.4. The fourth-order valence-corrected chi connectivity index (χ4v) is 2.59. The molecule has 0 spiro atoms. The maximum Gasteiger partial charge on any atom is 0.276 e. The number of likely N-dealkylation sites (N-methyl/N-ethyl adjacent to an activating group) is 1. The first-order valence-corrected chi connectivity index (χ1v) is 7.29. The van der Waals surface area contributed by atoms with Crippen molar-refractivity contribution < 1.29 is 4.79 Å². The summed E-state index contributed by atoms with van der Waals surface area (Å²) in [6, 6.07) is 6.03. The van der Waals surface area contributed by atoms with Gasteiger partial charge in [-0.1, -0.05) is 6.07 Å². The van der Waals surface area contributed by atoms with Crippen LogP contribution >= 0.6 is 12.2 Å². The molecule has 1 aliphatic heterocycles. The number of carbonyl (C=O) groups is 1. The van der Waals surface area contributed by atoms with Gasteiger partial charge in [-0.25, -0.2) is 4.98 Å². The Morgan fingerprint density at radius 2 is 2.09 bits per heavy atom. The molecule has 1 aromatic carbocycles. The molecule has 5 nitrogen and oxygen atoms in total. The number of rotatable bonds is 2. The molecule has 2 aromatic rings. The van der Waals surface area contributed by atoms with Crippen LogP contribution in [-0.2, 0) is 4.79 Å². The summed E-state index contributed by atoms with van der Waals surface area (Å²) in [7, 11) is 1.66. The van der Waals surface area contributed by atoms with Crippen LogP contribution in [0.2, 0.25) is 0 Å². The molecule has 0 aliphatic carbocycles. The van der Waals surface area contributed by atoms with E-state index < -0.39 is 0 Å². The van der Waals surface area contributed by atoms with Crippen LogP contribution in [0.3, 0.4) is 0 Å². The van der Waals surface area contributed by atoms with Gasteiger partial charge in [-0.2, -0.15) is 0 Å². The normalized spacial score (nSPS) is 16.5. The molecule has 1 aliphatic rings. The smallest absolute Gasteiger partial charge is 0.276 e. The Morgan fingerprint density at radius 1 is 1.32 bits per heavy atom. The lowest BCUT2D eigenvalue weighted by Crippen LogP contribution is -2.25. The molecule has 0 atom stereocenters. The van der Waals surface area contributed by atoms with Crippen LogP contribution in [0.15, 0.2) is 36.4 Å². The van der Waals surface area contributed by atoms with Gasteiger partial charge in [-0.3, -0.25) is 9.69 Å². The number of hydrogen-bond donors (Lipinski definition) is 1. The zero-order chi connectivity index (χ0) is 15.9. The fourth-order valence-electron chi connectivity index (χ4n) is 2.40. The summed E-state index contributed by atoms with van der Waals surface area (Å²) < 4.78 is 1.99. The van der Waals surface area contributed by atoms with Gasteiger partial charge in [-0.05, 0) is 55.4 Å². The SMILES string of the molecule is Cc1cn(-c2ccc(/C=C3\NC(=S)N(C)C3=O)cc2C)cn1. The number of carbonyl (C=O) groups excluding carboxylic acids is 1. The number of aromatic nitrogens is 2. The average molecular weight is 312 g/mol. The van der Waals surface area contributed by atoms with Crippen molar-refractivity contribution in [2.45, 2.75) is 13.8 Å². The van der Waals surface area contributed by atoms with Gasteiger partial charge in [0.25, 0.3) is 5.91 Å². The predicted molar refractivity (Wildman–Crippen MR) is 89.5 cm³/mol. The monoisotopic (exact) mass is 312 g/mol. The third kappa shape index (κ3) is 2.53. The number of nitrogens with zero attached hydrogens (tertiary/aromatic N) is 3. The molecule has 22 heavy (non-hydrogen) atoms. The van der Waals surface area contributed by atoms with Crippen molar-refractivity contribution in [3.63, 3.8) is 0 Å². The Balaban J connectivity index is 1.93. The molecular formula is C16H16N4OS. The number of imidazole rings is 1. The van der Waals surface area contributed by atoms with Gasteiger partial charge in [0.1, 0.15) is 5.70 Å². The van der Waals surface area contributed by atoms with Crippen LogP contribution in [0.1, 0.15) is 16.8 Å². The summed E-state index contributed by atoms with van der Waals surface area (Å²) in [4.78, 5) is 17.7. The minimum absolute atomic E-state index is 0.114. The summed E-state index contributed by atoms with van der Waals surface area (Å²) in [5, 5.41) is 3.35. The molecule has 0 unspecified atom stereocenters. The highest BCUT2D eigenvalue weighted by Gasteiger charge is 2.26. The molecule has 1 saturated heterocycles. The van der Waals surface area contributed by atoms with Crippen LogP contribution < -0.4 is 5.32 Å². The second-order valence-electron chi connectivity index (χ2n) is 5.32. The molecule has 0 bridgehead atoms. The largest absolute Gasteiger partial charge is 0.328 e. The van der Waals surface area contributed by atoms with Crippen LogP contribution in [0.25, 0.3) is 11.8 Å². The van der Waals surface area contributed by atoms with E-state index in [1.165, 1.54) is 4.90 Å². The minimum Gasteiger partial charge on any atom is -0.328 e. The topological polar surface area (TPSA) is 50.2 Å². The summed E-state index contributed by atoms with van der Waals surface area (Å²) >= 11 is 5.07. The maximum absolute atomic E-state index is 12.0. The van der Waals surface area contributed by atoms with Crippen LogP contribution in [0.4, 0.5) is 0 Å². The van der Waals surface area contributed by atoms with Gasteiger partial charge >= 0.3 is 0 Å². The van der Waals surface area contributed by atoms with E-state index in [2.05, 4.69) is 10.3 Å². The third-order valence-electron chi connectivity index (χ3n) is 3.60.